The van der Waals surface area contributed by atoms with E-state index >= 15 is 0 Å². The normalized spacial score (nSPS) is 10.7. The summed E-state index contributed by atoms with van der Waals surface area (Å²) in [5.74, 6) is 0. The van der Waals surface area contributed by atoms with Gasteiger partial charge in [0, 0.05) is 29.4 Å². The van der Waals surface area contributed by atoms with Crippen molar-refractivity contribution < 1.29 is 5.11 Å². The molecule has 0 saturated carbocycles. The van der Waals surface area contributed by atoms with Crippen molar-refractivity contribution in [3.63, 3.8) is 0 Å². The predicted octanol–water partition coefficient (Wildman–Crippen LogP) is 4.24. The number of rotatable bonds is 8. The minimum absolute atomic E-state index is 0.0463. The van der Waals surface area contributed by atoms with Gasteiger partial charge >= 0.3 is 0 Å². The lowest BCUT2D eigenvalue weighted by atomic mass is 10.1. The first kappa shape index (κ1) is 15.3. The zero-order valence-electron chi connectivity index (χ0n) is 11.5. The smallest absolute Gasteiger partial charge is 0.0702 e. The zero-order valence-corrected chi connectivity index (χ0v) is 12.2. The molecule has 0 amide bonds. The lowest BCUT2D eigenvalue weighted by Gasteiger charge is -2.27. The Hall–Kier alpha value is -0.730. The molecule has 1 aromatic rings. The Kier molecular flexibility index (Phi) is 7.14. The van der Waals surface area contributed by atoms with Crippen molar-refractivity contribution in [1.82, 2.24) is 0 Å². The molecule has 0 aromatic heterocycles. The number of aliphatic hydroxyl groups is 1. The van der Waals surface area contributed by atoms with E-state index in [0.29, 0.717) is 5.02 Å². The molecule has 0 saturated heterocycles. The van der Waals surface area contributed by atoms with Gasteiger partial charge in [-0.15, -0.1) is 0 Å². The maximum atomic E-state index is 9.46. The molecule has 0 atom stereocenters. The Labute approximate surface area is 116 Å². The molecule has 0 bridgehead atoms. The van der Waals surface area contributed by atoms with Crippen LogP contribution in [0.15, 0.2) is 18.2 Å². The summed E-state index contributed by atoms with van der Waals surface area (Å²) in [5, 5.41) is 10.1. The molecule has 0 aliphatic rings. The minimum Gasteiger partial charge on any atom is -0.392 e. The van der Waals surface area contributed by atoms with Crippen molar-refractivity contribution in [2.24, 2.45) is 0 Å². The predicted molar refractivity (Wildman–Crippen MR) is 79.4 cm³/mol. The first-order valence-electron chi connectivity index (χ1n) is 6.87. The average molecular weight is 270 g/mol. The summed E-state index contributed by atoms with van der Waals surface area (Å²) in [6, 6.07) is 5.79. The summed E-state index contributed by atoms with van der Waals surface area (Å²) >= 11 is 5.98. The first-order valence-corrected chi connectivity index (χ1v) is 7.25. The number of hydrogen-bond donors (Lipinski definition) is 1. The highest BCUT2D eigenvalue weighted by atomic mass is 35.5. The average Bonchev–Trinajstić information content (AvgIpc) is 2.39. The number of hydrogen-bond acceptors (Lipinski definition) is 2. The lowest BCUT2D eigenvalue weighted by Crippen LogP contribution is -2.26. The molecule has 0 aliphatic heterocycles. The summed E-state index contributed by atoms with van der Waals surface area (Å²) in [5.41, 5.74) is 2.05. The molecule has 0 aliphatic carbocycles. The highest BCUT2D eigenvalue weighted by Gasteiger charge is 2.10. The van der Waals surface area contributed by atoms with Gasteiger partial charge in [-0.3, -0.25) is 0 Å². The van der Waals surface area contributed by atoms with E-state index in [0.717, 1.165) is 24.3 Å². The fraction of sp³-hybridized carbons (Fsp3) is 0.600. The van der Waals surface area contributed by atoms with E-state index in [9.17, 15) is 5.11 Å². The number of anilines is 1. The van der Waals surface area contributed by atoms with Crippen LogP contribution in [0.5, 0.6) is 0 Å². The number of nitrogens with zero attached hydrogens (tertiary/aromatic N) is 1. The van der Waals surface area contributed by atoms with Crippen LogP contribution < -0.4 is 4.90 Å². The lowest BCUT2D eigenvalue weighted by molar-refractivity contribution is 0.282. The van der Waals surface area contributed by atoms with Crippen LogP contribution >= 0.6 is 11.6 Å². The van der Waals surface area contributed by atoms with Crippen LogP contribution in [0.4, 0.5) is 5.69 Å². The van der Waals surface area contributed by atoms with Gasteiger partial charge in [0.05, 0.1) is 6.61 Å². The molecule has 102 valence electrons. The molecule has 18 heavy (non-hydrogen) atoms. The fourth-order valence-electron chi connectivity index (χ4n) is 2.04. The molecule has 2 nitrogen and oxygen atoms in total. The van der Waals surface area contributed by atoms with E-state index in [1.54, 1.807) is 0 Å². The Balaban J connectivity index is 2.88. The van der Waals surface area contributed by atoms with Crippen LogP contribution in [-0.4, -0.2) is 18.2 Å². The van der Waals surface area contributed by atoms with Crippen LogP contribution in [0.25, 0.3) is 0 Å². The highest BCUT2D eigenvalue weighted by Crippen LogP contribution is 2.25. The summed E-state index contributed by atoms with van der Waals surface area (Å²) in [6.07, 6.45) is 4.73. The maximum Gasteiger partial charge on any atom is 0.0702 e. The third kappa shape index (κ3) is 4.51. The van der Waals surface area contributed by atoms with Crippen LogP contribution in [0.3, 0.4) is 0 Å². The monoisotopic (exact) mass is 269 g/mol. The molecular formula is C15H24ClNO. The second kappa shape index (κ2) is 8.39. The number of halogens is 1. The quantitative estimate of drug-likeness (QED) is 0.763. The topological polar surface area (TPSA) is 23.5 Å². The third-order valence-corrected chi connectivity index (χ3v) is 3.35. The van der Waals surface area contributed by atoms with Gasteiger partial charge in [-0.05, 0) is 31.0 Å². The van der Waals surface area contributed by atoms with Crippen LogP contribution in [0.1, 0.15) is 45.1 Å². The Morgan fingerprint density at radius 1 is 1.11 bits per heavy atom. The first-order chi connectivity index (χ1) is 8.72. The summed E-state index contributed by atoms with van der Waals surface area (Å²) in [4.78, 5) is 2.37. The summed E-state index contributed by atoms with van der Waals surface area (Å²) < 4.78 is 0. The van der Waals surface area contributed by atoms with E-state index in [1.807, 2.05) is 18.2 Å². The van der Waals surface area contributed by atoms with Crippen molar-refractivity contribution in [1.29, 1.82) is 0 Å². The standard InChI is InChI=1S/C15H24ClNO/c1-3-5-9-17(10-6-4-2)15-8-7-14(16)11-13(15)12-18/h7-8,11,18H,3-6,9-10,12H2,1-2H3. The summed E-state index contributed by atoms with van der Waals surface area (Å²) in [7, 11) is 0. The Morgan fingerprint density at radius 2 is 1.72 bits per heavy atom. The molecule has 1 N–H and O–H groups in total. The van der Waals surface area contributed by atoms with Crippen molar-refractivity contribution >= 4 is 17.3 Å². The van der Waals surface area contributed by atoms with Crippen molar-refractivity contribution in [3.05, 3.63) is 28.8 Å². The van der Waals surface area contributed by atoms with Gasteiger partial charge in [-0.25, -0.2) is 0 Å². The van der Waals surface area contributed by atoms with Crippen LogP contribution in [0.2, 0.25) is 5.02 Å². The van der Waals surface area contributed by atoms with Gasteiger partial charge in [-0.2, -0.15) is 0 Å². The molecule has 0 fully saturated rings. The van der Waals surface area contributed by atoms with Gasteiger partial charge in [0.15, 0.2) is 0 Å². The number of unbranched alkanes of at least 4 members (excludes halogenated alkanes) is 2. The SMILES string of the molecule is CCCCN(CCCC)c1ccc(Cl)cc1CO. The molecule has 1 rings (SSSR count). The van der Waals surface area contributed by atoms with Gasteiger partial charge in [0.25, 0.3) is 0 Å². The van der Waals surface area contributed by atoms with Gasteiger partial charge < -0.3 is 10.0 Å². The van der Waals surface area contributed by atoms with E-state index in [2.05, 4.69) is 18.7 Å². The fourth-order valence-corrected chi connectivity index (χ4v) is 2.23. The summed E-state index contributed by atoms with van der Waals surface area (Å²) in [6.45, 7) is 6.54. The molecule has 0 unspecified atom stereocenters. The van der Waals surface area contributed by atoms with Gasteiger partial charge in [-0.1, -0.05) is 38.3 Å². The van der Waals surface area contributed by atoms with E-state index < -0.39 is 0 Å². The van der Waals surface area contributed by atoms with E-state index in [-0.39, 0.29) is 6.61 Å². The molecular weight excluding hydrogens is 246 g/mol. The second-order valence-corrected chi connectivity index (χ2v) is 5.06. The molecule has 0 spiro atoms. The zero-order chi connectivity index (χ0) is 13.4. The molecule has 3 heteroatoms. The van der Waals surface area contributed by atoms with Gasteiger partial charge in [0.1, 0.15) is 0 Å². The molecule has 1 aromatic carbocycles. The Bertz CT molecular complexity index is 346. The number of aliphatic hydroxyl groups excluding tert-OH is 1. The molecule has 0 radical (unpaired) electrons. The van der Waals surface area contributed by atoms with E-state index in [4.69, 9.17) is 11.6 Å². The van der Waals surface area contributed by atoms with Crippen LogP contribution in [0, 0.1) is 0 Å². The highest BCUT2D eigenvalue weighted by molar-refractivity contribution is 6.30. The minimum atomic E-state index is 0.0463. The van der Waals surface area contributed by atoms with Crippen molar-refractivity contribution in [3.8, 4) is 0 Å². The van der Waals surface area contributed by atoms with Crippen LogP contribution in [-0.2, 0) is 6.61 Å². The van der Waals surface area contributed by atoms with E-state index in [1.165, 1.54) is 25.7 Å². The largest absolute Gasteiger partial charge is 0.392 e. The van der Waals surface area contributed by atoms with Gasteiger partial charge in [0.2, 0.25) is 0 Å². The Morgan fingerprint density at radius 3 is 2.22 bits per heavy atom. The molecule has 0 heterocycles. The maximum absolute atomic E-state index is 9.46. The third-order valence-electron chi connectivity index (χ3n) is 3.12. The van der Waals surface area contributed by atoms with Crippen molar-refractivity contribution in [2.75, 3.05) is 18.0 Å². The second-order valence-electron chi connectivity index (χ2n) is 4.63. The number of benzene rings is 1. The van der Waals surface area contributed by atoms with Crippen molar-refractivity contribution in [2.45, 2.75) is 46.1 Å².